The van der Waals surface area contributed by atoms with E-state index in [4.69, 9.17) is 11.7 Å². The van der Waals surface area contributed by atoms with Gasteiger partial charge < -0.3 is 0 Å². The molecule has 0 atom stereocenters. The Morgan fingerprint density at radius 1 is 0.905 bits per heavy atom. The van der Waals surface area contributed by atoms with Crippen molar-refractivity contribution in [3.05, 3.63) is 47.5 Å². The van der Waals surface area contributed by atoms with Crippen molar-refractivity contribution in [1.29, 1.82) is 0 Å². The van der Waals surface area contributed by atoms with E-state index < -0.39 is 17.2 Å². The number of benzene rings is 2. The van der Waals surface area contributed by atoms with E-state index >= 15 is 0 Å². The van der Waals surface area contributed by atoms with Crippen molar-refractivity contribution in [1.82, 2.24) is 10.9 Å². The van der Waals surface area contributed by atoms with Crippen LogP contribution in [0.5, 0.6) is 0 Å². The van der Waals surface area contributed by atoms with E-state index in [9.17, 15) is 9.59 Å². The lowest BCUT2D eigenvalue weighted by molar-refractivity contribution is -0.144. The molecule has 0 unspecified atom stereocenters. The minimum absolute atomic E-state index is 0.271. The van der Waals surface area contributed by atoms with Gasteiger partial charge in [0.25, 0.3) is 0 Å². The van der Waals surface area contributed by atoms with E-state index in [-0.39, 0.29) is 12.8 Å². The van der Waals surface area contributed by atoms with E-state index in [0.29, 0.717) is 0 Å². The van der Waals surface area contributed by atoms with Crippen LogP contribution >= 0.6 is 0 Å². The molecule has 0 radical (unpaired) electrons. The van der Waals surface area contributed by atoms with Crippen molar-refractivity contribution in [3.63, 3.8) is 0 Å². The molecule has 6 heteroatoms. The van der Waals surface area contributed by atoms with E-state index in [2.05, 4.69) is 10.9 Å². The highest BCUT2D eigenvalue weighted by Crippen LogP contribution is 2.39. The monoisotopic (exact) mass is 284 g/mol. The molecule has 6 nitrogen and oxygen atoms in total. The molecule has 0 fully saturated rings. The molecular formula is C15H16N4O2. The van der Waals surface area contributed by atoms with Crippen molar-refractivity contribution < 1.29 is 9.59 Å². The Balaban J connectivity index is 2.22. The molecule has 0 aromatic heterocycles. The van der Waals surface area contributed by atoms with Gasteiger partial charge in [-0.2, -0.15) is 0 Å². The first-order valence-electron chi connectivity index (χ1n) is 6.64. The third-order valence-electron chi connectivity index (χ3n) is 4.19. The first kappa shape index (κ1) is 13.5. The molecule has 1 aliphatic carbocycles. The van der Waals surface area contributed by atoms with Crippen LogP contribution in [-0.4, -0.2) is 11.8 Å². The molecule has 21 heavy (non-hydrogen) atoms. The molecule has 1 aliphatic rings. The Hall–Kier alpha value is -2.44. The predicted molar refractivity (Wildman–Crippen MR) is 78.4 cm³/mol. The molecule has 6 N–H and O–H groups in total. The van der Waals surface area contributed by atoms with Gasteiger partial charge in [0.15, 0.2) is 0 Å². The van der Waals surface area contributed by atoms with Crippen LogP contribution in [0, 0.1) is 5.41 Å². The number of carbonyl (C=O) groups is 2. The van der Waals surface area contributed by atoms with Gasteiger partial charge in [0.1, 0.15) is 5.41 Å². The summed E-state index contributed by atoms with van der Waals surface area (Å²) in [5.74, 6) is 9.49. The largest absolute Gasteiger partial charge is 0.293 e. The van der Waals surface area contributed by atoms with E-state index in [1.165, 1.54) is 0 Å². The summed E-state index contributed by atoms with van der Waals surface area (Å²) in [5, 5.41) is 2.20. The summed E-state index contributed by atoms with van der Waals surface area (Å²) < 4.78 is 0. The number of carbonyl (C=O) groups excluding carboxylic acids is 2. The average molecular weight is 284 g/mol. The van der Waals surface area contributed by atoms with Crippen LogP contribution in [0.25, 0.3) is 10.8 Å². The van der Waals surface area contributed by atoms with Crippen molar-refractivity contribution in [2.45, 2.75) is 12.8 Å². The molecule has 3 rings (SSSR count). The molecule has 0 saturated heterocycles. The van der Waals surface area contributed by atoms with Crippen molar-refractivity contribution in [2.24, 2.45) is 17.1 Å². The van der Waals surface area contributed by atoms with Gasteiger partial charge >= 0.3 is 0 Å². The van der Waals surface area contributed by atoms with Crippen LogP contribution < -0.4 is 22.5 Å². The summed E-state index contributed by atoms with van der Waals surface area (Å²) in [6, 6.07) is 11.7. The van der Waals surface area contributed by atoms with E-state index in [0.717, 1.165) is 21.9 Å². The maximum Gasteiger partial charge on any atom is 0.250 e. The highest BCUT2D eigenvalue weighted by molar-refractivity contribution is 6.07. The zero-order valence-electron chi connectivity index (χ0n) is 11.3. The lowest BCUT2D eigenvalue weighted by Gasteiger charge is -2.34. The average Bonchev–Trinajstić information content (AvgIpc) is 2.53. The lowest BCUT2D eigenvalue weighted by Crippen LogP contribution is -2.57. The Bertz CT molecular complexity index is 683. The molecule has 0 heterocycles. The molecule has 108 valence electrons. The topological polar surface area (TPSA) is 110 Å². The number of nitrogens with two attached hydrogens (primary N) is 2. The van der Waals surface area contributed by atoms with Gasteiger partial charge in [-0.3, -0.25) is 20.4 Å². The smallest absolute Gasteiger partial charge is 0.250 e. The summed E-state index contributed by atoms with van der Waals surface area (Å²) in [7, 11) is 0. The minimum atomic E-state index is -1.31. The Kier molecular flexibility index (Phi) is 3.12. The molecule has 2 aromatic carbocycles. The molecule has 2 amide bonds. The van der Waals surface area contributed by atoms with Gasteiger partial charge in [0.05, 0.1) is 0 Å². The summed E-state index contributed by atoms with van der Waals surface area (Å²) in [4.78, 5) is 24.5. The third kappa shape index (κ3) is 1.88. The first-order chi connectivity index (χ1) is 10.1. The molecule has 0 aliphatic heterocycles. The fraction of sp³-hybridized carbons (Fsp3) is 0.200. The van der Waals surface area contributed by atoms with Crippen LogP contribution in [0.4, 0.5) is 0 Å². The van der Waals surface area contributed by atoms with Gasteiger partial charge in [-0.1, -0.05) is 36.4 Å². The van der Waals surface area contributed by atoms with Gasteiger partial charge in [-0.15, -0.1) is 0 Å². The minimum Gasteiger partial charge on any atom is -0.293 e. The first-order valence-corrected chi connectivity index (χ1v) is 6.64. The van der Waals surface area contributed by atoms with Crippen LogP contribution in [0.3, 0.4) is 0 Å². The quantitative estimate of drug-likeness (QED) is 0.267. The van der Waals surface area contributed by atoms with Crippen LogP contribution in [0.15, 0.2) is 36.4 Å². The number of rotatable bonds is 2. The van der Waals surface area contributed by atoms with Crippen LogP contribution in [0.1, 0.15) is 11.1 Å². The fourth-order valence-corrected chi connectivity index (χ4v) is 3.21. The summed E-state index contributed by atoms with van der Waals surface area (Å²) in [6.45, 7) is 0. The van der Waals surface area contributed by atoms with Gasteiger partial charge in [0, 0.05) is 0 Å². The number of amides is 2. The number of hydrazine groups is 2. The summed E-state index contributed by atoms with van der Waals surface area (Å²) in [6.07, 6.45) is 0.542. The fourth-order valence-electron chi connectivity index (χ4n) is 3.21. The number of nitrogens with one attached hydrogen (secondary N) is 2. The maximum absolute atomic E-state index is 12.3. The molecule has 0 bridgehead atoms. The van der Waals surface area contributed by atoms with Gasteiger partial charge in [-0.05, 0) is 34.7 Å². The Morgan fingerprint density at radius 3 is 1.81 bits per heavy atom. The maximum atomic E-state index is 12.3. The highest BCUT2D eigenvalue weighted by Gasteiger charge is 2.48. The van der Waals surface area contributed by atoms with Crippen molar-refractivity contribution >= 4 is 22.6 Å². The SMILES string of the molecule is NNC(=O)C1(C(=O)NN)Cc2cccc3cccc(c23)C1. The van der Waals surface area contributed by atoms with E-state index in [1.807, 2.05) is 36.4 Å². The summed E-state index contributed by atoms with van der Waals surface area (Å²) >= 11 is 0. The van der Waals surface area contributed by atoms with Crippen LogP contribution in [0.2, 0.25) is 0 Å². The normalized spacial score (nSPS) is 15.5. The highest BCUT2D eigenvalue weighted by atomic mass is 16.2. The second kappa shape index (κ2) is 4.83. The zero-order chi connectivity index (χ0) is 15.0. The summed E-state index contributed by atoms with van der Waals surface area (Å²) in [5.41, 5.74) is 4.77. The second-order valence-corrected chi connectivity index (χ2v) is 5.31. The number of hydrogen-bond donors (Lipinski definition) is 4. The third-order valence-corrected chi connectivity index (χ3v) is 4.19. The second-order valence-electron chi connectivity index (χ2n) is 5.31. The van der Waals surface area contributed by atoms with Crippen molar-refractivity contribution in [3.8, 4) is 0 Å². The van der Waals surface area contributed by atoms with Crippen molar-refractivity contribution in [2.75, 3.05) is 0 Å². The standard InChI is InChI=1S/C15H16N4O2/c16-18-13(20)15(14(21)19-17)7-10-5-1-3-9-4-2-6-11(8-15)12(9)10/h1-6H,7-8,16-17H2,(H,18,20)(H,19,21). The van der Waals surface area contributed by atoms with E-state index in [1.54, 1.807) is 0 Å². The van der Waals surface area contributed by atoms with Gasteiger partial charge in [0.2, 0.25) is 11.8 Å². The molecule has 0 spiro atoms. The molecule has 0 saturated carbocycles. The number of hydrogen-bond acceptors (Lipinski definition) is 4. The zero-order valence-corrected chi connectivity index (χ0v) is 11.3. The molecule has 2 aromatic rings. The Morgan fingerprint density at radius 2 is 1.38 bits per heavy atom. The predicted octanol–water partition coefficient (Wildman–Crippen LogP) is -0.0954. The lowest BCUT2D eigenvalue weighted by atomic mass is 9.69. The van der Waals surface area contributed by atoms with Gasteiger partial charge in [-0.25, -0.2) is 11.7 Å². The molecular weight excluding hydrogens is 268 g/mol. The van der Waals surface area contributed by atoms with Crippen LogP contribution in [-0.2, 0) is 22.4 Å². The Labute approximate surface area is 121 Å².